The van der Waals surface area contributed by atoms with Crippen molar-refractivity contribution < 1.29 is 5.11 Å². The maximum Gasteiger partial charge on any atom is 0.149 e. The molecule has 0 bridgehead atoms. The van der Waals surface area contributed by atoms with E-state index in [2.05, 4.69) is 162 Å². The van der Waals surface area contributed by atoms with Gasteiger partial charge in [0.05, 0.1) is 28.0 Å². The van der Waals surface area contributed by atoms with E-state index in [4.69, 9.17) is 9.97 Å². The van der Waals surface area contributed by atoms with Crippen LogP contribution < -0.4 is 0 Å². The van der Waals surface area contributed by atoms with Crippen LogP contribution in [0.2, 0.25) is 0 Å². The summed E-state index contributed by atoms with van der Waals surface area (Å²) in [5.74, 6) is 1.20. The van der Waals surface area contributed by atoms with Crippen LogP contribution in [-0.4, -0.2) is 19.6 Å². The summed E-state index contributed by atoms with van der Waals surface area (Å²) >= 11 is 0. The molecule has 4 nitrogen and oxygen atoms in total. The second kappa shape index (κ2) is 13.3. The lowest BCUT2D eigenvalue weighted by Gasteiger charge is -2.30. The van der Waals surface area contributed by atoms with E-state index in [1.165, 1.54) is 27.8 Å². The number of fused-ring (bicyclic) bond motifs is 1. The Labute approximate surface area is 318 Å². The first-order valence-corrected chi connectivity index (χ1v) is 19.2. The molecule has 4 aromatic carbocycles. The van der Waals surface area contributed by atoms with Crippen molar-refractivity contribution in [3.8, 4) is 45.2 Å². The maximum absolute atomic E-state index is 11.4. The number of aromatic hydroxyl groups is 1. The van der Waals surface area contributed by atoms with Crippen molar-refractivity contribution in [3.05, 3.63) is 119 Å². The number of phenolic OH excluding ortho intramolecular Hbond substituents is 1. The molecular formula is C49H59N3O. The highest BCUT2D eigenvalue weighted by Gasteiger charge is 2.31. The van der Waals surface area contributed by atoms with Gasteiger partial charge >= 0.3 is 0 Å². The van der Waals surface area contributed by atoms with Gasteiger partial charge in [0.25, 0.3) is 0 Å². The molecule has 0 aliphatic heterocycles. The molecule has 0 fully saturated rings. The molecular weight excluding hydrogens is 647 g/mol. The zero-order valence-corrected chi connectivity index (χ0v) is 34.5. The number of pyridine rings is 1. The summed E-state index contributed by atoms with van der Waals surface area (Å²) in [6.45, 7) is 31.9. The lowest BCUT2D eigenvalue weighted by Crippen LogP contribution is -2.19. The third-order valence-electron chi connectivity index (χ3n) is 10.5. The number of nitrogens with zero attached hydrogens (tertiary/aromatic N) is 3. The van der Waals surface area contributed by atoms with Crippen LogP contribution in [0.15, 0.2) is 91.1 Å². The highest BCUT2D eigenvalue weighted by molar-refractivity contribution is 5.98. The van der Waals surface area contributed by atoms with Crippen molar-refractivity contribution in [2.75, 3.05) is 0 Å². The van der Waals surface area contributed by atoms with Crippen LogP contribution in [0.4, 0.5) is 0 Å². The smallest absolute Gasteiger partial charge is 0.149 e. The molecule has 6 aromatic rings. The van der Waals surface area contributed by atoms with Crippen molar-refractivity contribution in [1.82, 2.24) is 14.5 Å². The standard InChI is InChI=1S/C49H59N3O/c1-30(2)32-20-17-22-37(47(6,7)8)44(32)52-41-23-18-21-33(43(41)51-45(52)34-19-15-16-24-42(34)53)35-28-36(40-27-31(25-26-50-40)46(3,4)5)39(49(12,13)14)29-38(35)48(9,10)11/h15-30,53H,1-14H3. The van der Waals surface area contributed by atoms with Gasteiger partial charge in [-0.1, -0.05) is 145 Å². The SMILES string of the molecule is CC(C)c1cccc(C(C)(C)C)c1-n1c(-c2ccccc2O)nc2c(-c3cc(-c4cc(C(C)(C)C)ccn4)c(C(C)(C)C)cc3C(C)(C)C)cccc21. The molecule has 0 amide bonds. The summed E-state index contributed by atoms with van der Waals surface area (Å²) in [5, 5.41) is 11.4. The monoisotopic (exact) mass is 705 g/mol. The van der Waals surface area contributed by atoms with E-state index in [1.54, 1.807) is 6.07 Å². The number of benzene rings is 4. The van der Waals surface area contributed by atoms with E-state index in [-0.39, 0.29) is 33.3 Å². The van der Waals surface area contributed by atoms with Gasteiger partial charge in [-0.05, 0) is 97.4 Å². The molecule has 0 saturated heterocycles. The van der Waals surface area contributed by atoms with Crippen LogP contribution in [0.3, 0.4) is 0 Å². The minimum absolute atomic E-state index is 0.0101. The predicted molar refractivity (Wildman–Crippen MR) is 226 cm³/mol. The van der Waals surface area contributed by atoms with Gasteiger partial charge in [-0.2, -0.15) is 0 Å². The molecule has 0 spiro atoms. The number of aromatic nitrogens is 3. The van der Waals surface area contributed by atoms with Crippen LogP contribution >= 0.6 is 0 Å². The largest absolute Gasteiger partial charge is 0.507 e. The number of hydrogen-bond donors (Lipinski definition) is 1. The second-order valence-corrected chi connectivity index (χ2v) is 19.2. The van der Waals surface area contributed by atoms with Crippen molar-refractivity contribution in [1.29, 1.82) is 0 Å². The lowest BCUT2D eigenvalue weighted by molar-refractivity contribution is 0.477. The summed E-state index contributed by atoms with van der Waals surface area (Å²) < 4.78 is 2.32. The van der Waals surface area contributed by atoms with E-state index in [9.17, 15) is 5.11 Å². The Balaban J connectivity index is 1.79. The summed E-state index contributed by atoms with van der Waals surface area (Å²) in [4.78, 5) is 10.6. The Hall–Kier alpha value is -4.70. The van der Waals surface area contributed by atoms with Crippen LogP contribution in [0.5, 0.6) is 5.75 Å². The van der Waals surface area contributed by atoms with Gasteiger partial charge in [-0.25, -0.2) is 4.98 Å². The lowest BCUT2D eigenvalue weighted by atomic mass is 9.74. The average Bonchev–Trinajstić information content (AvgIpc) is 3.45. The fourth-order valence-electron chi connectivity index (χ4n) is 7.59. The molecule has 53 heavy (non-hydrogen) atoms. The third kappa shape index (κ3) is 7.18. The van der Waals surface area contributed by atoms with Crippen LogP contribution in [0, 0.1) is 0 Å². The fourth-order valence-corrected chi connectivity index (χ4v) is 7.59. The first kappa shape index (κ1) is 38.0. The van der Waals surface area contributed by atoms with Crippen molar-refractivity contribution in [2.45, 2.75) is 125 Å². The summed E-state index contributed by atoms with van der Waals surface area (Å²) in [7, 11) is 0. The first-order chi connectivity index (χ1) is 24.6. The average molecular weight is 706 g/mol. The number of phenols is 1. The van der Waals surface area contributed by atoms with Gasteiger partial charge in [-0.3, -0.25) is 9.55 Å². The van der Waals surface area contributed by atoms with Crippen molar-refractivity contribution >= 4 is 11.0 Å². The third-order valence-corrected chi connectivity index (χ3v) is 10.5. The van der Waals surface area contributed by atoms with Gasteiger partial charge in [0.2, 0.25) is 0 Å². The molecule has 0 aliphatic rings. The maximum atomic E-state index is 11.4. The molecule has 6 rings (SSSR count). The summed E-state index contributed by atoms with van der Waals surface area (Å²) in [6, 6.07) is 30.1. The zero-order valence-electron chi connectivity index (χ0n) is 34.5. The Morgan fingerprint density at radius 3 is 1.77 bits per heavy atom. The Kier molecular flexibility index (Phi) is 9.55. The topological polar surface area (TPSA) is 50.9 Å². The highest BCUT2D eigenvalue weighted by atomic mass is 16.3. The molecule has 0 unspecified atom stereocenters. The van der Waals surface area contributed by atoms with E-state index in [0.717, 1.165) is 44.9 Å². The van der Waals surface area contributed by atoms with Gasteiger partial charge in [0, 0.05) is 17.3 Å². The minimum atomic E-state index is -0.163. The predicted octanol–water partition coefficient (Wildman–Crippen LogP) is 13.4. The number of hydrogen-bond acceptors (Lipinski definition) is 3. The van der Waals surface area contributed by atoms with Crippen LogP contribution in [0.1, 0.15) is 131 Å². The Bertz CT molecular complexity index is 2310. The molecule has 0 saturated carbocycles. The van der Waals surface area contributed by atoms with Crippen molar-refractivity contribution in [2.24, 2.45) is 0 Å². The fraction of sp³-hybridized carbons (Fsp3) is 0.388. The molecule has 2 aromatic heterocycles. The normalized spacial score (nSPS) is 13.0. The van der Waals surface area contributed by atoms with Gasteiger partial charge < -0.3 is 5.11 Å². The number of rotatable bonds is 5. The zero-order chi connectivity index (χ0) is 38.8. The van der Waals surface area contributed by atoms with Gasteiger partial charge in [-0.15, -0.1) is 0 Å². The van der Waals surface area contributed by atoms with E-state index in [1.807, 2.05) is 24.4 Å². The van der Waals surface area contributed by atoms with Crippen LogP contribution in [0.25, 0.3) is 50.5 Å². The first-order valence-electron chi connectivity index (χ1n) is 19.2. The van der Waals surface area contributed by atoms with Crippen LogP contribution in [-0.2, 0) is 21.7 Å². The quantitative estimate of drug-likeness (QED) is 0.194. The molecule has 2 heterocycles. The highest BCUT2D eigenvalue weighted by Crippen LogP contribution is 2.46. The Morgan fingerprint density at radius 2 is 1.17 bits per heavy atom. The number of imidazole rings is 1. The molecule has 0 radical (unpaired) electrons. The molecule has 276 valence electrons. The summed E-state index contributed by atoms with van der Waals surface area (Å²) in [6.07, 6.45) is 1.96. The molecule has 1 N–H and O–H groups in total. The second-order valence-electron chi connectivity index (χ2n) is 19.2. The van der Waals surface area contributed by atoms with E-state index >= 15 is 0 Å². The number of para-hydroxylation sites is 3. The van der Waals surface area contributed by atoms with E-state index in [0.29, 0.717) is 5.56 Å². The Morgan fingerprint density at radius 1 is 0.566 bits per heavy atom. The van der Waals surface area contributed by atoms with E-state index < -0.39 is 0 Å². The molecule has 0 aliphatic carbocycles. The van der Waals surface area contributed by atoms with Gasteiger partial charge in [0.15, 0.2) is 0 Å². The van der Waals surface area contributed by atoms with Crippen molar-refractivity contribution in [3.63, 3.8) is 0 Å². The molecule has 0 atom stereocenters. The minimum Gasteiger partial charge on any atom is -0.507 e. The molecule has 4 heteroatoms. The van der Waals surface area contributed by atoms with Gasteiger partial charge in [0.1, 0.15) is 11.6 Å². The summed E-state index contributed by atoms with van der Waals surface area (Å²) in [5.41, 5.74) is 13.9.